The zero-order chi connectivity index (χ0) is 11.5. The highest BCUT2D eigenvalue weighted by Gasteiger charge is 2.31. The van der Waals surface area contributed by atoms with Crippen molar-refractivity contribution in [3.8, 4) is 0 Å². The van der Waals surface area contributed by atoms with Crippen LogP contribution in [0.15, 0.2) is 0 Å². The summed E-state index contributed by atoms with van der Waals surface area (Å²) in [5, 5.41) is 0. The number of hydrogen-bond acceptors (Lipinski definition) is 3. The van der Waals surface area contributed by atoms with Crippen LogP contribution in [-0.2, 0) is 4.74 Å². The van der Waals surface area contributed by atoms with Crippen molar-refractivity contribution < 1.29 is 4.74 Å². The van der Waals surface area contributed by atoms with Crippen LogP contribution in [0.25, 0.3) is 0 Å². The number of rotatable bonds is 4. The van der Waals surface area contributed by atoms with Crippen molar-refractivity contribution in [3.63, 3.8) is 0 Å². The molecule has 2 N–H and O–H groups in total. The summed E-state index contributed by atoms with van der Waals surface area (Å²) < 4.78 is 5.42. The second-order valence-electron chi connectivity index (χ2n) is 5.74. The summed E-state index contributed by atoms with van der Waals surface area (Å²) in [5.74, 6) is 1.35. The normalized spacial score (nSPS) is 33.8. The van der Waals surface area contributed by atoms with Crippen LogP contribution < -0.4 is 5.73 Å². The fourth-order valence-electron chi connectivity index (χ4n) is 3.14. The average Bonchev–Trinajstić information content (AvgIpc) is 2.86. The molecule has 94 valence electrons. The Kier molecular flexibility index (Phi) is 4.22. The van der Waals surface area contributed by atoms with Gasteiger partial charge in [0.1, 0.15) is 0 Å². The van der Waals surface area contributed by atoms with E-state index in [1.807, 2.05) is 0 Å². The minimum absolute atomic E-state index is 0.307. The summed E-state index contributed by atoms with van der Waals surface area (Å²) in [7, 11) is 0. The molecule has 2 fully saturated rings. The molecule has 0 saturated carbocycles. The maximum absolute atomic E-state index is 6.30. The molecular formula is C13H26N2O. The summed E-state index contributed by atoms with van der Waals surface area (Å²) in [5.41, 5.74) is 6.30. The van der Waals surface area contributed by atoms with Gasteiger partial charge < -0.3 is 10.5 Å². The zero-order valence-electron chi connectivity index (χ0n) is 10.7. The molecule has 3 atom stereocenters. The van der Waals surface area contributed by atoms with E-state index in [1.54, 1.807) is 0 Å². The highest BCUT2D eigenvalue weighted by atomic mass is 16.5. The molecule has 0 amide bonds. The zero-order valence-corrected chi connectivity index (χ0v) is 10.7. The van der Waals surface area contributed by atoms with Crippen molar-refractivity contribution in [2.75, 3.05) is 26.3 Å². The average molecular weight is 226 g/mol. The lowest BCUT2D eigenvalue weighted by atomic mass is 9.97. The molecule has 0 bridgehead atoms. The third-order valence-corrected chi connectivity index (χ3v) is 4.20. The van der Waals surface area contributed by atoms with Crippen LogP contribution in [0.4, 0.5) is 0 Å². The lowest BCUT2D eigenvalue weighted by Gasteiger charge is -2.31. The summed E-state index contributed by atoms with van der Waals surface area (Å²) in [6, 6.07) is 1.07. The van der Waals surface area contributed by atoms with Crippen LogP contribution >= 0.6 is 0 Å². The maximum Gasteiger partial charge on any atom is 0.0510 e. The molecule has 2 aliphatic rings. The highest BCUT2D eigenvalue weighted by molar-refractivity contribution is 4.86. The van der Waals surface area contributed by atoms with Crippen LogP contribution in [0.1, 0.15) is 33.1 Å². The SMILES string of the molecule is CC(C)C1CCCN1CC(N)C1CCOC1. The van der Waals surface area contributed by atoms with E-state index in [-0.39, 0.29) is 0 Å². The molecule has 2 rings (SSSR count). The molecule has 3 heteroatoms. The highest BCUT2D eigenvalue weighted by Crippen LogP contribution is 2.25. The van der Waals surface area contributed by atoms with Gasteiger partial charge in [0, 0.05) is 31.2 Å². The van der Waals surface area contributed by atoms with Gasteiger partial charge in [0.15, 0.2) is 0 Å². The van der Waals surface area contributed by atoms with E-state index < -0.39 is 0 Å². The van der Waals surface area contributed by atoms with Gasteiger partial charge in [-0.1, -0.05) is 13.8 Å². The predicted octanol–water partition coefficient (Wildman–Crippen LogP) is 1.47. The largest absolute Gasteiger partial charge is 0.381 e. The van der Waals surface area contributed by atoms with Gasteiger partial charge in [0.25, 0.3) is 0 Å². The minimum Gasteiger partial charge on any atom is -0.381 e. The van der Waals surface area contributed by atoms with Gasteiger partial charge in [-0.15, -0.1) is 0 Å². The second-order valence-corrected chi connectivity index (χ2v) is 5.74. The van der Waals surface area contributed by atoms with Gasteiger partial charge >= 0.3 is 0 Å². The molecule has 2 aliphatic heterocycles. The Bertz CT molecular complexity index is 214. The van der Waals surface area contributed by atoms with E-state index in [0.29, 0.717) is 12.0 Å². The first-order valence-corrected chi connectivity index (χ1v) is 6.76. The van der Waals surface area contributed by atoms with E-state index in [4.69, 9.17) is 10.5 Å². The first-order valence-electron chi connectivity index (χ1n) is 6.76. The van der Waals surface area contributed by atoms with Gasteiger partial charge in [-0.25, -0.2) is 0 Å². The molecule has 3 unspecified atom stereocenters. The van der Waals surface area contributed by atoms with E-state index in [0.717, 1.165) is 38.1 Å². The number of hydrogen-bond donors (Lipinski definition) is 1. The topological polar surface area (TPSA) is 38.5 Å². The number of likely N-dealkylation sites (tertiary alicyclic amines) is 1. The Hall–Kier alpha value is -0.120. The Labute approximate surface area is 99.3 Å². The third kappa shape index (κ3) is 2.76. The molecular weight excluding hydrogens is 200 g/mol. The van der Waals surface area contributed by atoms with Gasteiger partial charge in [-0.2, -0.15) is 0 Å². The number of nitrogens with two attached hydrogens (primary N) is 1. The third-order valence-electron chi connectivity index (χ3n) is 4.20. The number of ether oxygens (including phenoxy) is 1. The van der Waals surface area contributed by atoms with E-state index in [2.05, 4.69) is 18.7 Å². The molecule has 0 spiro atoms. The van der Waals surface area contributed by atoms with E-state index in [1.165, 1.54) is 19.4 Å². The van der Waals surface area contributed by atoms with Crippen molar-refractivity contribution >= 4 is 0 Å². The van der Waals surface area contributed by atoms with Crippen molar-refractivity contribution in [3.05, 3.63) is 0 Å². The number of nitrogens with zero attached hydrogens (tertiary/aromatic N) is 1. The fourth-order valence-corrected chi connectivity index (χ4v) is 3.14. The molecule has 0 radical (unpaired) electrons. The van der Waals surface area contributed by atoms with Crippen LogP contribution in [0.2, 0.25) is 0 Å². The Balaban J connectivity index is 1.83. The fraction of sp³-hybridized carbons (Fsp3) is 1.00. The van der Waals surface area contributed by atoms with Crippen LogP contribution in [0.5, 0.6) is 0 Å². The van der Waals surface area contributed by atoms with Gasteiger partial charge in [0.05, 0.1) is 6.61 Å². The lowest BCUT2D eigenvalue weighted by Crippen LogP contribution is -2.45. The molecule has 0 aromatic rings. The van der Waals surface area contributed by atoms with Gasteiger partial charge in [-0.3, -0.25) is 4.90 Å². The molecule has 16 heavy (non-hydrogen) atoms. The molecule has 0 aromatic heterocycles. The Morgan fingerprint density at radius 3 is 2.81 bits per heavy atom. The standard InChI is InChI=1S/C13H26N2O/c1-10(2)13-4-3-6-15(13)8-12(14)11-5-7-16-9-11/h10-13H,3-9,14H2,1-2H3. The van der Waals surface area contributed by atoms with E-state index >= 15 is 0 Å². The first-order chi connectivity index (χ1) is 7.68. The van der Waals surface area contributed by atoms with Gasteiger partial charge in [-0.05, 0) is 31.7 Å². The van der Waals surface area contributed by atoms with Crippen LogP contribution in [0, 0.1) is 11.8 Å². The first kappa shape index (κ1) is 12.3. The van der Waals surface area contributed by atoms with Crippen molar-refractivity contribution in [2.24, 2.45) is 17.6 Å². The lowest BCUT2D eigenvalue weighted by molar-refractivity contribution is 0.156. The second kappa shape index (κ2) is 5.48. The summed E-state index contributed by atoms with van der Waals surface area (Å²) in [6.07, 6.45) is 3.85. The molecule has 0 aliphatic carbocycles. The maximum atomic E-state index is 6.30. The van der Waals surface area contributed by atoms with E-state index in [9.17, 15) is 0 Å². The molecule has 2 saturated heterocycles. The van der Waals surface area contributed by atoms with Gasteiger partial charge in [0.2, 0.25) is 0 Å². The summed E-state index contributed by atoms with van der Waals surface area (Å²) in [4.78, 5) is 2.60. The van der Waals surface area contributed by atoms with Crippen molar-refractivity contribution in [1.82, 2.24) is 4.90 Å². The molecule has 2 heterocycles. The Morgan fingerprint density at radius 1 is 1.38 bits per heavy atom. The minimum atomic E-state index is 0.307. The Morgan fingerprint density at radius 2 is 2.19 bits per heavy atom. The smallest absolute Gasteiger partial charge is 0.0510 e. The quantitative estimate of drug-likeness (QED) is 0.789. The van der Waals surface area contributed by atoms with Crippen molar-refractivity contribution in [2.45, 2.75) is 45.2 Å². The summed E-state index contributed by atoms with van der Waals surface area (Å²) in [6.45, 7) is 8.74. The monoisotopic (exact) mass is 226 g/mol. The molecule has 0 aromatic carbocycles. The summed E-state index contributed by atoms with van der Waals surface area (Å²) >= 11 is 0. The predicted molar refractivity (Wildman–Crippen MR) is 66.3 cm³/mol. The van der Waals surface area contributed by atoms with Crippen molar-refractivity contribution in [1.29, 1.82) is 0 Å². The van der Waals surface area contributed by atoms with Crippen LogP contribution in [0.3, 0.4) is 0 Å². The molecule has 3 nitrogen and oxygen atoms in total. The van der Waals surface area contributed by atoms with Crippen LogP contribution in [-0.4, -0.2) is 43.3 Å².